The molecule has 0 unspecified atom stereocenters. The van der Waals surface area contributed by atoms with Crippen molar-refractivity contribution >= 4 is 17.5 Å². The second-order valence-corrected chi connectivity index (χ2v) is 9.08. The highest BCUT2D eigenvalue weighted by Crippen LogP contribution is 2.76. The average Bonchev–Trinajstić information content (AvgIpc) is 3.28. The normalized spacial score (nSPS) is 25.9. The van der Waals surface area contributed by atoms with Crippen LogP contribution in [-0.4, -0.2) is 23.2 Å². The van der Waals surface area contributed by atoms with Crippen LogP contribution in [0.1, 0.15) is 29.2 Å². The molecular formula is C26H21F3N2O3. The molecule has 1 aromatic heterocycles. The third kappa shape index (κ3) is 2.97. The number of piperidine rings is 1. The summed E-state index contributed by atoms with van der Waals surface area (Å²) in [5, 5.41) is 0. The Morgan fingerprint density at radius 1 is 0.912 bits per heavy atom. The lowest BCUT2D eigenvalue weighted by molar-refractivity contribution is -0.274. The first-order valence-electron chi connectivity index (χ1n) is 10.7. The van der Waals surface area contributed by atoms with Crippen LogP contribution < -0.4 is 9.64 Å². The van der Waals surface area contributed by atoms with E-state index in [1.807, 2.05) is 19.9 Å². The number of imide groups is 1. The van der Waals surface area contributed by atoms with Gasteiger partial charge >= 0.3 is 6.36 Å². The number of carbonyl (C=O) groups is 2. The smallest absolute Gasteiger partial charge is 0.406 e. The summed E-state index contributed by atoms with van der Waals surface area (Å²) >= 11 is 0. The molecule has 2 aromatic carbocycles. The van der Waals surface area contributed by atoms with Crippen LogP contribution in [-0.2, 0) is 15.0 Å². The summed E-state index contributed by atoms with van der Waals surface area (Å²) < 4.78 is 41.9. The molecule has 174 valence electrons. The number of carbonyl (C=O) groups excluding carboxylic acids is 2. The molecule has 2 fully saturated rings. The van der Waals surface area contributed by atoms with Gasteiger partial charge in [0.2, 0.25) is 11.8 Å². The second kappa shape index (κ2) is 7.16. The number of alkyl halides is 3. The van der Waals surface area contributed by atoms with E-state index in [1.165, 1.54) is 29.2 Å². The molecule has 8 heteroatoms. The van der Waals surface area contributed by atoms with E-state index in [1.54, 1.807) is 43.6 Å². The number of rotatable bonds is 4. The minimum atomic E-state index is -4.81. The van der Waals surface area contributed by atoms with Gasteiger partial charge in [-0.3, -0.25) is 14.6 Å². The van der Waals surface area contributed by atoms with E-state index >= 15 is 0 Å². The quantitative estimate of drug-likeness (QED) is 0.503. The van der Waals surface area contributed by atoms with E-state index in [0.29, 0.717) is 16.8 Å². The maximum Gasteiger partial charge on any atom is 0.573 e. The number of aryl methyl sites for hydroxylation is 2. The lowest BCUT2D eigenvalue weighted by Crippen LogP contribution is -2.42. The summed E-state index contributed by atoms with van der Waals surface area (Å²) in [6, 6.07) is 14.4. The summed E-state index contributed by atoms with van der Waals surface area (Å²) in [5.74, 6) is -1.73. The fourth-order valence-electron chi connectivity index (χ4n) is 5.76. The zero-order valence-corrected chi connectivity index (χ0v) is 18.7. The Morgan fingerprint density at radius 2 is 1.47 bits per heavy atom. The third-order valence-corrected chi connectivity index (χ3v) is 7.00. The first-order valence-corrected chi connectivity index (χ1v) is 10.7. The van der Waals surface area contributed by atoms with E-state index in [9.17, 15) is 22.8 Å². The Balaban J connectivity index is 1.61. The molecule has 0 spiro atoms. The predicted octanol–water partition coefficient (Wildman–Crippen LogP) is 5.09. The van der Waals surface area contributed by atoms with Gasteiger partial charge in [0.15, 0.2) is 0 Å². The van der Waals surface area contributed by atoms with E-state index in [2.05, 4.69) is 9.72 Å². The van der Waals surface area contributed by atoms with Crippen LogP contribution in [0.15, 0.2) is 67.0 Å². The van der Waals surface area contributed by atoms with Gasteiger partial charge in [0.1, 0.15) is 5.75 Å². The fraction of sp³-hybridized carbons (Fsp3) is 0.269. The molecule has 34 heavy (non-hydrogen) atoms. The highest BCUT2D eigenvalue weighted by atomic mass is 19.4. The van der Waals surface area contributed by atoms with Crippen molar-refractivity contribution in [2.45, 2.75) is 32.5 Å². The number of fused-ring (bicyclic) bond motifs is 1. The Labute approximate surface area is 194 Å². The molecule has 1 aliphatic heterocycles. The molecule has 1 saturated carbocycles. The number of amides is 2. The van der Waals surface area contributed by atoms with Crippen LogP contribution in [0.25, 0.3) is 0 Å². The number of ether oxygens (including phenoxy) is 1. The zero-order valence-electron chi connectivity index (χ0n) is 18.7. The monoisotopic (exact) mass is 466 g/mol. The molecule has 0 radical (unpaired) electrons. The Kier molecular flexibility index (Phi) is 4.66. The van der Waals surface area contributed by atoms with E-state index in [-0.39, 0.29) is 17.6 Å². The van der Waals surface area contributed by atoms with Gasteiger partial charge < -0.3 is 4.74 Å². The molecule has 3 atom stereocenters. The summed E-state index contributed by atoms with van der Waals surface area (Å²) in [5.41, 5.74) is 1.55. The van der Waals surface area contributed by atoms with Crippen molar-refractivity contribution in [2.75, 3.05) is 4.90 Å². The van der Waals surface area contributed by atoms with E-state index < -0.39 is 23.1 Å². The van der Waals surface area contributed by atoms with Gasteiger partial charge in [-0.1, -0.05) is 18.2 Å². The maximum atomic E-state index is 13.8. The van der Waals surface area contributed by atoms with E-state index in [0.717, 1.165) is 11.1 Å². The number of hydrogen-bond acceptors (Lipinski definition) is 4. The first kappa shape index (κ1) is 22.1. The largest absolute Gasteiger partial charge is 0.573 e. The average molecular weight is 466 g/mol. The van der Waals surface area contributed by atoms with Crippen molar-refractivity contribution in [1.82, 2.24) is 4.98 Å². The lowest BCUT2D eigenvalue weighted by atomic mass is 9.79. The van der Waals surface area contributed by atoms with Crippen LogP contribution in [0.3, 0.4) is 0 Å². The van der Waals surface area contributed by atoms with Gasteiger partial charge in [0.05, 0.1) is 17.0 Å². The molecule has 1 saturated heterocycles. The Bertz CT molecular complexity index is 1290. The number of pyridine rings is 1. The van der Waals surface area contributed by atoms with Crippen molar-refractivity contribution in [3.05, 3.63) is 89.2 Å². The van der Waals surface area contributed by atoms with Crippen LogP contribution in [0.2, 0.25) is 0 Å². The Hall–Kier alpha value is -3.68. The summed E-state index contributed by atoms with van der Waals surface area (Å²) in [6.07, 6.45) is -1.66. The van der Waals surface area contributed by atoms with Crippen molar-refractivity contribution in [3.8, 4) is 5.75 Å². The molecule has 3 aromatic rings. The molecule has 5 rings (SSSR count). The van der Waals surface area contributed by atoms with Crippen molar-refractivity contribution in [3.63, 3.8) is 0 Å². The number of aromatic nitrogens is 1. The zero-order chi connectivity index (χ0) is 24.5. The molecule has 0 bridgehead atoms. The van der Waals surface area contributed by atoms with Gasteiger partial charge in [0.25, 0.3) is 0 Å². The molecular weight excluding hydrogens is 445 g/mol. The molecule has 2 heterocycles. The molecule has 2 aliphatic rings. The minimum absolute atomic E-state index is 0.329. The maximum absolute atomic E-state index is 13.8. The van der Waals surface area contributed by atoms with Crippen LogP contribution >= 0.6 is 0 Å². The topological polar surface area (TPSA) is 59.5 Å². The van der Waals surface area contributed by atoms with E-state index in [4.69, 9.17) is 0 Å². The predicted molar refractivity (Wildman–Crippen MR) is 118 cm³/mol. The molecule has 0 N–H and O–H groups in total. The first-order chi connectivity index (χ1) is 16.0. The summed E-state index contributed by atoms with van der Waals surface area (Å²) in [6.45, 7) is 5.55. The van der Waals surface area contributed by atoms with Crippen molar-refractivity contribution < 1.29 is 27.5 Å². The minimum Gasteiger partial charge on any atom is -0.406 e. The lowest BCUT2D eigenvalue weighted by Gasteiger charge is -2.30. The molecule has 1 aliphatic carbocycles. The summed E-state index contributed by atoms with van der Waals surface area (Å²) in [7, 11) is 0. The second-order valence-electron chi connectivity index (χ2n) is 9.08. The van der Waals surface area contributed by atoms with Gasteiger partial charge in [-0.25, -0.2) is 4.90 Å². The fourth-order valence-corrected chi connectivity index (χ4v) is 5.76. The third-order valence-electron chi connectivity index (χ3n) is 7.00. The highest BCUT2D eigenvalue weighted by molar-refractivity contribution is 6.29. The standard InChI is InChI=1S/C26H21F3N2O3/c1-15-12-16(2)14-19(13-15)31-22(32)21-24(3,23(31)33)25(21,18-8-10-30-11-9-18)17-4-6-20(7-5-17)34-26(27,28)29/h4-14,21H,1-3H3/t21-,24-,25-/m0/s1. The number of anilines is 1. The van der Waals surface area contributed by atoms with Gasteiger partial charge in [0, 0.05) is 17.8 Å². The molecule has 5 nitrogen and oxygen atoms in total. The van der Waals surface area contributed by atoms with Crippen LogP contribution in [0, 0.1) is 25.2 Å². The highest BCUT2D eigenvalue weighted by Gasteiger charge is 2.86. The Morgan fingerprint density at radius 3 is 1.97 bits per heavy atom. The number of halogens is 3. The molecule has 2 amide bonds. The van der Waals surface area contributed by atoms with Crippen LogP contribution in [0.4, 0.5) is 18.9 Å². The van der Waals surface area contributed by atoms with Gasteiger partial charge in [-0.05, 0) is 79.4 Å². The SMILES string of the molecule is Cc1cc(C)cc(N2C(=O)[C@@H]3[C@@](c4ccncc4)(c4ccc(OC(F)(F)F)cc4)[C@]3(C)C2=O)c1. The van der Waals surface area contributed by atoms with Gasteiger partial charge in [-0.2, -0.15) is 0 Å². The number of nitrogens with zero attached hydrogens (tertiary/aromatic N) is 2. The summed E-state index contributed by atoms with van der Waals surface area (Å²) in [4.78, 5) is 32.8. The van der Waals surface area contributed by atoms with Crippen molar-refractivity contribution in [2.24, 2.45) is 11.3 Å². The van der Waals surface area contributed by atoms with Crippen LogP contribution in [0.5, 0.6) is 5.75 Å². The van der Waals surface area contributed by atoms with Crippen molar-refractivity contribution in [1.29, 1.82) is 0 Å². The number of hydrogen-bond donors (Lipinski definition) is 0. The van der Waals surface area contributed by atoms with Gasteiger partial charge in [-0.15, -0.1) is 13.2 Å². The number of benzene rings is 2.